The van der Waals surface area contributed by atoms with Gasteiger partial charge in [0.15, 0.2) is 0 Å². The fraction of sp³-hybridized carbons (Fsp3) is 0.429. The highest BCUT2D eigenvalue weighted by atomic mass is 19.4. The van der Waals surface area contributed by atoms with Crippen LogP contribution in [0.2, 0.25) is 0 Å². The Morgan fingerprint density at radius 3 is 2.00 bits per heavy atom. The largest absolute Gasteiger partial charge is 0.416 e. The van der Waals surface area contributed by atoms with E-state index in [4.69, 9.17) is 0 Å². The van der Waals surface area contributed by atoms with Crippen molar-refractivity contribution in [3.05, 3.63) is 59.4 Å². The summed E-state index contributed by atoms with van der Waals surface area (Å²) in [7, 11) is 1.93. The molecule has 180 valence electrons. The quantitative estimate of drug-likeness (QED) is 0.510. The predicted molar refractivity (Wildman–Crippen MR) is 109 cm³/mol. The van der Waals surface area contributed by atoms with E-state index in [1.807, 2.05) is 11.9 Å². The second-order valence-corrected chi connectivity index (χ2v) is 7.95. The Balaban J connectivity index is 1.89. The first kappa shape index (κ1) is 24.8. The van der Waals surface area contributed by atoms with Gasteiger partial charge >= 0.3 is 12.4 Å². The predicted octanol–water partition coefficient (Wildman–Crippen LogP) is 3.73. The highest BCUT2D eigenvalue weighted by molar-refractivity contribution is 5.87. The summed E-state index contributed by atoms with van der Waals surface area (Å²) in [5, 5.41) is 0. The van der Waals surface area contributed by atoms with Crippen LogP contribution in [0.1, 0.15) is 23.7 Å². The number of nitrogens with one attached hydrogen (secondary N) is 2. The van der Waals surface area contributed by atoms with Crippen molar-refractivity contribution in [3.63, 3.8) is 0 Å². The molecule has 0 radical (unpaired) electrons. The molecule has 1 amide bonds. The van der Waals surface area contributed by atoms with E-state index >= 15 is 0 Å². The van der Waals surface area contributed by atoms with Gasteiger partial charge in [-0.2, -0.15) is 26.3 Å². The Kier molecular flexibility index (Phi) is 6.89. The molecule has 1 aliphatic heterocycles. The van der Waals surface area contributed by atoms with Gasteiger partial charge in [0.1, 0.15) is 5.54 Å². The second-order valence-electron chi connectivity index (χ2n) is 7.95. The SMILES string of the molecule is CN1CCN(C(C)(C(=O)NNc2cc(C(F)(F)F)cc(C(F)(F)F)c2)c2ccccn2)CC1. The molecular weight excluding hydrogens is 452 g/mol. The number of halogens is 6. The molecule has 2 N–H and O–H groups in total. The molecule has 3 rings (SSSR count). The van der Waals surface area contributed by atoms with E-state index in [9.17, 15) is 31.1 Å². The summed E-state index contributed by atoms with van der Waals surface area (Å²) in [5.74, 6) is -0.670. The number of alkyl halides is 6. The summed E-state index contributed by atoms with van der Waals surface area (Å²) in [6.07, 6.45) is -8.49. The number of pyridine rings is 1. The molecule has 1 saturated heterocycles. The topological polar surface area (TPSA) is 60.5 Å². The van der Waals surface area contributed by atoms with Crippen LogP contribution in [0.25, 0.3) is 0 Å². The van der Waals surface area contributed by atoms with E-state index < -0.39 is 40.6 Å². The fourth-order valence-corrected chi connectivity index (χ4v) is 3.60. The minimum absolute atomic E-state index is 0.0231. The molecule has 33 heavy (non-hydrogen) atoms. The third kappa shape index (κ3) is 5.56. The van der Waals surface area contributed by atoms with Gasteiger partial charge < -0.3 is 4.90 Å². The first-order valence-corrected chi connectivity index (χ1v) is 10.0. The monoisotopic (exact) mass is 475 g/mol. The zero-order chi connectivity index (χ0) is 24.4. The Bertz CT molecular complexity index is 941. The number of rotatable bonds is 5. The van der Waals surface area contributed by atoms with Gasteiger partial charge in [0.05, 0.1) is 22.5 Å². The van der Waals surface area contributed by atoms with E-state index in [0.717, 1.165) is 0 Å². The number of hydrogen-bond donors (Lipinski definition) is 2. The van der Waals surface area contributed by atoms with Gasteiger partial charge in [0, 0.05) is 32.4 Å². The number of amides is 1. The van der Waals surface area contributed by atoms with E-state index in [1.54, 1.807) is 25.1 Å². The highest BCUT2D eigenvalue weighted by Gasteiger charge is 2.43. The number of carbonyl (C=O) groups is 1. The van der Waals surface area contributed by atoms with Crippen molar-refractivity contribution in [3.8, 4) is 0 Å². The van der Waals surface area contributed by atoms with Crippen LogP contribution in [0, 0.1) is 0 Å². The van der Waals surface area contributed by atoms with Crippen LogP contribution in [-0.4, -0.2) is 53.9 Å². The molecule has 12 heteroatoms. The maximum atomic E-state index is 13.3. The van der Waals surface area contributed by atoms with Gasteiger partial charge in [0.2, 0.25) is 0 Å². The van der Waals surface area contributed by atoms with Gasteiger partial charge in [-0.25, -0.2) is 0 Å². The maximum absolute atomic E-state index is 13.3. The number of carbonyl (C=O) groups excluding carboxylic acids is 1. The van der Waals surface area contributed by atoms with Gasteiger partial charge in [-0.05, 0) is 44.3 Å². The number of hydrogen-bond acceptors (Lipinski definition) is 5. The lowest BCUT2D eigenvalue weighted by molar-refractivity contribution is -0.143. The smallest absolute Gasteiger partial charge is 0.304 e. The standard InChI is InChI=1S/C21H23F6N5O/c1-19(17-5-3-4-6-28-17,32-9-7-31(2)8-10-32)18(33)30-29-16-12-14(20(22,23)24)11-15(13-16)21(25,26)27/h3-6,11-13,29H,7-10H2,1-2H3,(H,30,33). The lowest BCUT2D eigenvalue weighted by Gasteiger charge is -2.43. The van der Waals surface area contributed by atoms with Crippen LogP contribution in [0.3, 0.4) is 0 Å². The number of nitrogens with zero attached hydrogens (tertiary/aromatic N) is 3. The van der Waals surface area contributed by atoms with E-state index in [2.05, 4.69) is 20.7 Å². The molecule has 1 fully saturated rings. The van der Waals surface area contributed by atoms with Crippen molar-refractivity contribution in [2.75, 3.05) is 38.7 Å². The number of likely N-dealkylation sites (N-methyl/N-ethyl adjacent to an activating group) is 1. The second kappa shape index (κ2) is 9.18. The van der Waals surface area contributed by atoms with Crippen molar-refractivity contribution < 1.29 is 31.1 Å². The van der Waals surface area contributed by atoms with Crippen molar-refractivity contribution in [2.45, 2.75) is 24.8 Å². The average Bonchev–Trinajstić information content (AvgIpc) is 2.76. The summed E-state index contributed by atoms with van der Waals surface area (Å²) in [4.78, 5) is 21.5. The number of anilines is 1. The van der Waals surface area contributed by atoms with Gasteiger partial charge in [-0.1, -0.05) is 6.07 Å². The Morgan fingerprint density at radius 1 is 0.939 bits per heavy atom. The third-order valence-electron chi connectivity index (χ3n) is 5.65. The first-order chi connectivity index (χ1) is 15.3. The van der Waals surface area contributed by atoms with Crippen LogP contribution in [0.5, 0.6) is 0 Å². The fourth-order valence-electron chi connectivity index (χ4n) is 3.60. The third-order valence-corrected chi connectivity index (χ3v) is 5.65. The van der Waals surface area contributed by atoms with Crippen LogP contribution in [0.15, 0.2) is 42.6 Å². The molecule has 6 nitrogen and oxygen atoms in total. The molecule has 1 aliphatic rings. The number of benzene rings is 1. The van der Waals surface area contributed by atoms with Gasteiger partial charge in [-0.3, -0.25) is 25.5 Å². The summed E-state index contributed by atoms with van der Waals surface area (Å²) in [6.45, 7) is 3.99. The van der Waals surface area contributed by atoms with Gasteiger partial charge in [-0.15, -0.1) is 0 Å². The maximum Gasteiger partial charge on any atom is 0.416 e. The number of hydrazine groups is 1. The van der Waals surface area contributed by atoms with Crippen molar-refractivity contribution in [1.29, 1.82) is 0 Å². The molecular formula is C21H23F6N5O. The summed E-state index contributed by atoms with van der Waals surface area (Å²) >= 11 is 0. The van der Waals surface area contributed by atoms with E-state index in [1.165, 1.54) is 6.20 Å². The molecule has 2 heterocycles. The van der Waals surface area contributed by atoms with E-state index in [-0.39, 0.29) is 6.07 Å². The summed E-state index contributed by atoms with van der Waals surface area (Å²) < 4.78 is 78.7. The van der Waals surface area contributed by atoms with Crippen molar-refractivity contribution in [2.24, 2.45) is 0 Å². The molecule has 0 bridgehead atoms. The molecule has 1 unspecified atom stereocenters. The Labute approximate surface area is 186 Å². The molecule has 1 aromatic carbocycles. The Morgan fingerprint density at radius 2 is 1.52 bits per heavy atom. The summed E-state index contributed by atoms with van der Waals surface area (Å²) in [5.41, 5.74) is 0.0751. The highest BCUT2D eigenvalue weighted by Crippen LogP contribution is 2.37. The van der Waals surface area contributed by atoms with Crippen molar-refractivity contribution >= 4 is 11.6 Å². The molecule has 2 aromatic rings. The Hall–Kier alpha value is -2.86. The van der Waals surface area contributed by atoms with Crippen LogP contribution in [0.4, 0.5) is 32.0 Å². The number of aromatic nitrogens is 1. The molecule has 1 aromatic heterocycles. The molecule has 0 aliphatic carbocycles. The molecule has 0 spiro atoms. The first-order valence-electron chi connectivity index (χ1n) is 10.0. The zero-order valence-corrected chi connectivity index (χ0v) is 17.9. The van der Waals surface area contributed by atoms with E-state index in [0.29, 0.717) is 44.0 Å². The lowest BCUT2D eigenvalue weighted by atomic mass is 9.92. The van der Waals surface area contributed by atoms with Crippen LogP contribution >= 0.6 is 0 Å². The van der Waals surface area contributed by atoms with Gasteiger partial charge in [0.25, 0.3) is 5.91 Å². The van der Waals surface area contributed by atoms with Crippen LogP contribution in [-0.2, 0) is 22.7 Å². The molecule has 0 saturated carbocycles. The molecule has 1 atom stereocenters. The summed E-state index contributed by atoms with van der Waals surface area (Å²) in [6, 6.07) is 6.04. The van der Waals surface area contributed by atoms with Crippen molar-refractivity contribution in [1.82, 2.24) is 20.2 Å². The minimum Gasteiger partial charge on any atom is -0.304 e. The average molecular weight is 475 g/mol. The lowest BCUT2D eigenvalue weighted by Crippen LogP contribution is -2.60. The van der Waals surface area contributed by atoms with Crippen LogP contribution < -0.4 is 10.9 Å². The normalized spacial score (nSPS) is 17.9. The minimum atomic E-state index is -5.00. The zero-order valence-electron chi connectivity index (χ0n) is 17.9. The number of piperazine rings is 1.